The Balaban J connectivity index is 1.75. The van der Waals surface area contributed by atoms with Crippen LogP contribution in [0.5, 0.6) is 0 Å². The molecule has 0 saturated heterocycles. The smallest absolute Gasteiger partial charge is 0.274 e. The van der Waals surface area contributed by atoms with Gasteiger partial charge in [0, 0.05) is 35.2 Å². The molecule has 8 heteroatoms. The van der Waals surface area contributed by atoms with E-state index < -0.39 is 0 Å². The number of anilines is 4. The quantitative estimate of drug-likeness (QED) is 0.595. The second-order valence-corrected chi connectivity index (χ2v) is 6.50. The molecule has 7 nitrogen and oxygen atoms in total. The number of aromatic nitrogens is 2. The fourth-order valence-electron chi connectivity index (χ4n) is 2.51. The number of hydrogen-bond donors (Lipinski definition) is 3. The standard InChI is InChI=1S/C20H18ClN5O2/c1-12-10-14(21)6-7-17(12)25-19(28)18-8-9-22-20(26-18)24-16-5-3-4-15(11-16)23-13(2)27/h3-11H,1-2H3,(H,23,27)(H,25,28)(H,22,24,26). The first kappa shape index (κ1) is 19.3. The van der Waals surface area contributed by atoms with Crippen molar-refractivity contribution in [2.24, 2.45) is 0 Å². The summed E-state index contributed by atoms with van der Waals surface area (Å²) in [6, 6.07) is 13.8. The van der Waals surface area contributed by atoms with Gasteiger partial charge in [-0.1, -0.05) is 17.7 Å². The second-order valence-electron chi connectivity index (χ2n) is 6.07. The lowest BCUT2D eigenvalue weighted by Crippen LogP contribution is -2.15. The Labute approximate surface area is 167 Å². The van der Waals surface area contributed by atoms with Gasteiger partial charge in [-0.15, -0.1) is 0 Å². The van der Waals surface area contributed by atoms with Crippen LogP contribution in [0.2, 0.25) is 5.02 Å². The van der Waals surface area contributed by atoms with Crippen LogP contribution in [0, 0.1) is 6.92 Å². The van der Waals surface area contributed by atoms with Crippen molar-refractivity contribution in [1.82, 2.24) is 9.97 Å². The van der Waals surface area contributed by atoms with Crippen molar-refractivity contribution in [2.75, 3.05) is 16.0 Å². The molecule has 142 valence electrons. The zero-order valence-corrected chi connectivity index (χ0v) is 16.0. The number of hydrogen-bond acceptors (Lipinski definition) is 5. The van der Waals surface area contributed by atoms with E-state index in [0.717, 1.165) is 5.56 Å². The summed E-state index contributed by atoms with van der Waals surface area (Å²) in [6.45, 7) is 3.30. The Morgan fingerprint density at radius 2 is 1.79 bits per heavy atom. The van der Waals surface area contributed by atoms with E-state index in [1.165, 1.54) is 19.2 Å². The van der Waals surface area contributed by atoms with Crippen molar-refractivity contribution < 1.29 is 9.59 Å². The van der Waals surface area contributed by atoms with Gasteiger partial charge in [-0.05, 0) is 55.0 Å². The molecule has 0 atom stereocenters. The Morgan fingerprint density at radius 1 is 1.00 bits per heavy atom. The molecular weight excluding hydrogens is 378 g/mol. The van der Waals surface area contributed by atoms with Crippen molar-refractivity contribution >= 4 is 46.4 Å². The highest BCUT2D eigenvalue weighted by molar-refractivity contribution is 6.30. The third-order valence-electron chi connectivity index (χ3n) is 3.76. The molecule has 0 fully saturated rings. The van der Waals surface area contributed by atoms with E-state index in [1.807, 2.05) is 6.92 Å². The summed E-state index contributed by atoms with van der Waals surface area (Å²) in [6.07, 6.45) is 1.50. The Hall–Kier alpha value is -3.45. The van der Waals surface area contributed by atoms with Gasteiger partial charge in [0.1, 0.15) is 5.69 Å². The number of nitrogens with zero attached hydrogens (tertiary/aromatic N) is 2. The normalized spacial score (nSPS) is 10.2. The highest BCUT2D eigenvalue weighted by Crippen LogP contribution is 2.21. The minimum absolute atomic E-state index is 0.162. The summed E-state index contributed by atoms with van der Waals surface area (Å²) >= 11 is 5.94. The number of amides is 2. The van der Waals surface area contributed by atoms with E-state index in [9.17, 15) is 9.59 Å². The highest BCUT2D eigenvalue weighted by Gasteiger charge is 2.11. The summed E-state index contributed by atoms with van der Waals surface area (Å²) in [4.78, 5) is 32.1. The maximum absolute atomic E-state index is 12.5. The Kier molecular flexibility index (Phi) is 5.86. The van der Waals surface area contributed by atoms with Crippen LogP contribution in [0.4, 0.5) is 23.0 Å². The van der Waals surface area contributed by atoms with Crippen molar-refractivity contribution in [3.63, 3.8) is 0 Å². The predicted molar refractivity (Wildman–Crippen MR) is 110 cm³/mol. The maximum Gasteiger partial charge on any atom is 0.274 e. The van der Waals surface area contributed by atoms with Crippen LogP contribution < -0.4 is 16.0 Å². The first-order chi connectivity index (χ1) is 13.4. The predicted octanol–water partition coefficient (Wildman–Crippen LogP) is 4.39. The highest BCUT2D eigenvalue weighted by atomic mass is 35.5. The van der Waals surface area contributed by atoms with Gasteiger partial charge in [0.25, 0.3) is 5.91 Å². The lowest BCUT2D eigenvalue weighted by Gasteiger charge is -2.10. The van der Waals surface area contributed by atoms with E-state index in [-0.39, 0.29) is 23.5 Å². The van der Waals surface area contributed by atoms with Crippen LogP contribution >= 0.6 is 11.6 Å². The molecule has 0 aliphatic rings. The first-order valence-electron chi connectivity index (χ1n) is 8.46. The number of halogens is 1. The minimum Gasteiger partial charge on any atom is -0.326 e. The van der Waals surface area contributed by atoms with Crippen LogP contribution in [-0.4, -0.2) is 21.8 Å². The van der Waals surface area contributed by atoms with Gasteiger partial charge in [0.2, 0.25) is 11.9 Å². The molecule has 0 saturated carbocycles. The van der Waals surface area contributed by atoms with Gasteiger partial charge in [-0.25, -0.2) is 9.97 Å². The SMILES string of the molecule is CC(=O)Nc1cccc(Nc2nccc(C(=O)Nc3ccc(Cl)cc3C)n2)c1. The Bertz CT molecular complexity index is 1040. The summed E-state index contributed by atoms with van der Waals surface area (Å²) in [7, 11) is 0. The van der Waals surface area contributed by atoms with E-state index in [1.54, 1.807) is 42.5 Å². The zero-order chi connectivity index (χ0) is 20.1. The molecule has 3 aromatic rings. The number of carbonyl (C=O) groups excluding carboxylic acids is 2. The van der Waals surface area contributed by atoms with Gasteiger partial charge >= 0.3 is 0 Å². The van der Waals surface area contributed by atoms with E-state index in [0.29, 0.717) is 22.1 Å². The largest absolute Gasteiger partial charge is 0.326 e. The third-order valence-corrected chi connectivity index (χ3v) is 4.00. The number of nitrogens with one attached hydrogen (secondary N) is 3. The van der Waals surface area contributed by atoms with Gasteiger partial charge in [-0.2, -0.15) is 0 Å². The molecule has 2 amide bonds. The second kappa shape index (κ2) is 8.49. The van der Waals surface area contributed by atoms with Gasteiger partial charge in [0.15, 0.2) is 0 Å². The van der Waals surface area contributed by atoms with Crippen molar-refractivity contribution in [3.8, 4) is 0 Å². The van der Waals surface area contributed by atoms with Gasteiger partial charge < -0.3 is 16.0 Å². The van der Waals surface area contributed by atoms with Crippen LogP contribution in [0.3, 0.4) is 0 Å². The lowest BCUT2D eigenvalue weighted by atomic mass is 10.2. The van der Waals surface area contributed by atoms with Gasteiger partial charge in [0.05, 0.1) is 0 Å². The summed E-state index contributed by atoms with van der Waals surface area (Å²) in [5.74, 6) is -0.257. The number of rotatable bonds is 5. The summed E-state index contributed by atoms with van der Waals surface area (Å²) < 4.78 is 0. The fourth-order valence-corrected chi connectivity index (χ4v) is 2.73. The minimum atomic E-state index is -0.358. The van der Waals surface area contributed by atoms with Crippen molar-refractivity contribution in [2.45, 2.75) is 13.8 Å². The number of benzene rings is 2. The van der Waals surface area contributed by atoms with Crippen LogP contribution in [0.15, 0.2) is 54.7 Å². The zero-order valence-electron chi connectivity index (χ0n) is 15.3. The molecule has 2 aromatic carbocycles. The molecule has 3 N–H and O–H groups in total. The third kappa shape index (κ3) is 5.05. The molecular formula is C20H18ClN5O2. The molecule has 1 aromatic heterocycles. The average molecular weight is 396 g/mol. The molecule has 0 aliphatic carbocycles. The van der Waals surface area contributed by atoms with Crippen molar-refractivity contribution in [3.05, 3.63) is 71.0 Å². The summed E-state index contributed by atoms with van der Waals surface area (Å²) in [5, 5.41) is 9.14. The molecule has 3 rings (SSSR count). The molecule has 0 unspecified atom stereocenters. The number of carbonyl (C=O) groups is 2. The first-order valence-corrected chi connectivity index (χ1v) is 8.84. The fraction of sp³-hybridized carbons (Fsp3) is 0.100. The van der Waals surface area contributed by atoms with Crippen LogP contribution in [-0.2, 0) is 4.79 Å². The lowest BCUT2D eigenvalue weighted by molar-refractivity contribution is -0.114. The van der Waals surface area contributed by atoms with E-state index in [2.05, 4.69) is 25.9 Å². The summed E-state index contributed by atoms with van der Waals surface area (Å²) in [5.41, 5.74) is 3.04. The Morgan fingerprint density at radius 3 is 2.54 bits per heavy atom. The molecule has 0 bridgehead atoms. The van der Waals surface area contributed by atoms with Crippen molar-refractivity contribution in [1.29, 1.82) is 0 Å². The number of aryl methyl sites for hydroxylation is 1. The van der Waals surface area contributed by atoms with Crippen LogP contribution in [0.1, 0.15) is 23.0 Å². The topological polar surface area (TPSA) is 96.0 Å². The maximum atomic E-state index is 12.5. The molecule has 0 aliphatic heterocycles. The molecule has 28 heavy (non-hydrogen) atoms. The molecule has 0 radical (unpaired) electrons. The monoisotopic (exact) mass is 395 g/mol. The van der Waals surface area contributed by atoms with E-state index in [4.69, 9.17) is 11.6 Å². The molecule has 0 spiro atoms. The van der Waals surface area contributed by atoms with E-state index >= 15 is 0 Å². The molecule has 1 heterocycles. The average Bonchev–Trinajstić information content (AvgIpc) is 2.64. The van der Waals surface area contributed by atoms with Gasteiger partial charge in [-0.3, -0.25) is 9.59 Å². The van der Waals surface area contributed by atoms with Crippen LogP contribution in [0.25, 0.3) is 0 Å².